The molecule has 0 aliphatic rings. The Morgan fingerprint density at radius 3 is 2.81 bits per heavy atom. The van der Waals surface area contributed by atoms with Crippen molar-refractivity contribution < 1.29 is 14.3 Å². The van der Waals surface area contributed by atoms with Crippen LogP contribution < -0.4 is 4.74 Å². The fraction of sp³-hybridized carbons (Fsp3) is 0.308. The molecule has 0 aliphatic carbocycles. The minimum Gasteiger partial charge on any atom is -0.491 e. The van der Waals surface area contributed by atoms with Crippen molar-refractivity contribution in [1.29, 1.82) is 0 Å². The van der Waals surface area contributed by atoms with Gasteiger partial charge in [0.05, 0.1) is 6.61 Å². The van der Waals surface area contributed by atoms with Crippen molar-refractivity contribution >= 4 is 6.29 Å². The summed E-state index contributed by atoms with van der Waals surface area (Å²) in [6.45, 7) is 4.73. The number of hydrogen-bond donors (Lipinski definition) is 0. The van der Waals surface area contributed by atoms with Crippen molar-refractivity contribution in [3.63, 3.8) is 0 Å². The third kappa shape index (κ3) is 3.51. The predicted molar refractivity (Wildman–Crippen MR) is 63.1 cm³/mol. The van der Waals surface area contributed by atoms with Gasteiger partial charge < -0.3 is 9.47 Å². The zero-order chi connectivity index (χ0) is 11.8. The summed E-state index contributed by atoms with van der Waals surface area (Å²) in [7, 11) is 1.63. The monoisotopic (exact) mass is 220 g/mol. The Bertz CT molecular complexity index is 358. The predicted octanol–water partition coefficient (Wildman–Crippen LogP) is 2.25. The maximum Gasteiger partial charge on any atom is 0.150 e. The van der Waals surface area contributed by atoms with Crippen LogP contribution in [-0.2, 0) is 11.2 Å². The van der Waals surface area contributed by atoms with Gasteiger partial charge in [-0.05, 0) is 30.2 Å². The minimum absolute atomic E-state index is 0.501. The number of hydrogen-bond acceptors (Lipinski definition) is 3. The average molecular weight is 220 g/mol. The normalized spacial score (nSPS) is 9.81. The summed E-state index contributed by atoms with van der Waals surface area (Å²) in [5.74, 6) is 0.780. The van der Waals surface area contributed by atoms with Crippen LogP contribution in [0.5, 0.6) is 5.75 Å². The number of benzene rings is 1. The van der Waals surface area contributed by atoms with Crippen molar-refractivity contribution in [3.05, 3.63) is 42.0 Å². The van der Waals surface area contributed by atoms with Gasteiger partial charge in [0, 0.05) is 12.7 Å². The Hall–Kier alpha value is -1.61. The fourth-order valence-electron chi connectivity index (χ4n) is 1.36. The molecule has 1 aromatic carbocycles. The third-order valence-corrected chi connectivity index (χ3v) is 2.13. The van der Waals surface area contributed by atoms with E-state index in [0.717, 1.165) is 17.6 Å². The van der Waals surface area contributed by atoms with Gasteiger partial charge in [0.1, 0.15) is 18.6 Å². The van der Waals surface area contributed by atoms with E-state index in [2.05, 4.69) is 6.58 Å². The third-order valence-electron chi connectivity index (χ3n) is 2.13. The lowest BCUT2D eigenvalue weighted by Gasteiger charge is -2.10. The standard InChI is InChI=1S/C13H16O3/c1-3-4-12-9-11(10-14)5-6-13(12)16-8-7-15-2/h3,5-6,9-10H,1,4,7-8H2,2H3. The molecular formula is C13H16O3. The summed E-state index contributed by atoms with van der Waals surface area (Å²) in [5.41, 5.74) is 1.62. The van der Waals surface area contributed by atoms with Gasteiger partial charge >= 0.3 is 0 Å². The van der Waals surface area contributed by atoms with Crippen LogP contribution in [0, 0.1) is 0 Å². The molecule has 0 unspecified atom stereocenters. The maximum atomic E-state index is 10.6. The zero-order valence-electron chi connectivity index (χ0n) is 9.44. The molecule has 0 atom stereocenters. The maximum absolute atomic E-state index is 10.6. The molecule has 0 aromatic heterocycles. The highest BCUT2D eigenvalue weighted by molar-refractivity contribution is 5.75. The molecule has 0 aliphatic heterocycles. The lowest BCUT2D eigenvalue weighted by atomic mass is 10.1. The Morgan fingerprint density at radius 2 is 2.19 bits per heavy atom. The molecule has 0 fully saturated rings. The topological polar surface area (TPSA) is 35.5 Å². The van der Waals surface area contributed by atoms with Crippen LogP contribution in [-0.4, -0.2) is 26.6 Å². The van der Waals surface area contributed by atoms with Crippen LogP contribution in [0.1, 0.15) is 15.9 Å². The molecule has 0 N–H and O–H groups in total. The molecular weight excluding hydrogens is 204 g/mol. The van der Waals surface area contributed by atoms with Crippen LogP contribution in [0.15, 0.2) is 30.9 Å². The highest BCUT2D eigenvalue weighted by Gasteiger charge is 2.03. The second kappa shape index (κ2) is 6.80. The summed E-state index contributed by atoms with van der Waals surface area (Å²) in [4.78, 5) is 10.6. The molecule has 0 bridgehead atoms. The van der Waals surface area contributed by atoms with E-state index in [4.69, 9.17) is 9.47 Å². The van der Waals surface area contributed by atoms with Crippen LogP contribution >= 0.6 is 0 Å². The first-order valence-electron chi connectivity index (χ1n) is 5.12. The van der Waals surface area contributed by atoms with E-state index >= 15 is 0 Å². The first-order valence-corrected chi connectivity index (χ1v) is 5.12. The van der Waals surface area contributed by atoms with E-state index in [1.54, 1.807) is 25.3 Å². The number of ether oxygens (including phenoxy) is 2. The summed E-state index contributed by atoms with van der Waals surface area (Å²) in [6.07, 6.45) is 3.29. The van der Waals surface area contributed by atoms with Gasteiger partial charge in [-0.3, -0.25) is 4.79 Å². The molecule has 86 valence electrons. The van der Waals surface area contributed by atoms with E-state index in [1.807, 2.05) is 6.07 Å². The first kappa shape index (κ1) is 12.5. The lowest BCUT2D eigenvalue weighted by Crippen LogP contribution is -2.06. The molecule has 16 heavy (non-hydrogen) atoms. The Balaban J connectivity index is 2.80. The second-order valence-corrected chi connectivity index (χ2v) is 3.32. The molecule has 0 amide bonds. The van der Waals surface area contributed by atoms with Crippen LogP contribution in [0.25, 0.3) is 0 Å². The number of methoxy groups -OCH3 is 1. The molecule has 3 heteroatoms. The van der Waals surface area contributed by atoms with Crippen LogP contribution in [0.4, 0.5) is 0 Å². The number of allylic oxidation sites excluding steroid dienone is 1. The quantitative estimate of drug-likeness (QED) is 0.401. The van der Waals surface area contributed by atoms with E-state index in [1.165, 1.54) is 0 Å². The van der Waals surface area contributed by atoms with Crippen molar-refractivity contribution in [1.82, 2.24) is 0 Å². The van der Waals surface area contributed by atoms with Gasteiger partial charge in [-0.2, -0.15) is 0 Å². The van der Waals surface area contributed by atoms with Crippen LogP contribution in [0.3, 0.4) is 0 Å². The molecule has 3 nitrogen and oxygen atoms in total. The second-order valence-electron chi connectivity index (χ2n) is 3.32. The fourth-order valence-corrected chi connectivity index (χ4v) is 1.36. The van der Waals surface area contributed by atoms with Gasteiger partial charge in [0.2, 0.25) is 0 Å². The van der Waals surface area contributed by atoms with Gasteiger partial charge in [0.15, 0.2) is 0 Å². The summed E-state index contributed by atoms with van der Waals surface area (Å²) < 4.78 is 10.4. The SMILES string of the molecule is C=CCc1cc(C=O)ccc1OCCOC. The summed E-state index contributed by atoms with van der Waals surface area (Å²) in [6, 6.07) is 5.36. The highest BCUT2D eigenvalue weighted by Crippen LogP contribution is 2.20. The molecule has 0 saturated carbocycles. The number of carbonyl (C=O) groups excluding carboxylic acids is 1. The van der Waals surface area contributed by atoms with E-state index < -0.39 is 0 Å². The molecule has 0 radical (unpaired) electrons. The van der Waals surface area contributed by atoms with Crippen molar-refractivity contribution in [2.75, 3.05) is 20.3 Å². The Kier molecular flexibility index (Phi) is 5.29. The smallest absolute Gasteiger partial charge is 0.150 e. The van der Waals surface area contributed by atoms with Crippen molar-refractivity contribution in [2.45, 2.75) is 6.42 Å². The minimum atomic E-state index is 0.501. The van der Waals surface area contributed by atoms with Gasteiger partial charge in [-0.15, -0.1) is 6.58 Å². The van der Waals surface area contributed by atoms with Crippen LogP contribution in [0.2, 0.25) is 0 Å². The lowest BCUT2D eigenvalue weighted by molar-refractivity contribution is 0.112. The molecule has 1 rings (SSSR count). The van der Waals surface area contributed by atoms with E-state index in [0.29, 0.717) is 25.2 Å². The molecule has 0 heterocycles. The largest absolute Gasteiger partial charge is 0.491 e. The number of carbonyl (C=O) groups is 1. The highest BCUT2D eigenvalue weighted by atomic mass is 16.5. The number of aldehydes is 1. The Labute approximate surface area is 95.7 Å². The number of rotatable bonds is 7. The Morgan fingerprint density at radius 1 is 1.38 bits per heavy atom. The van der Waals surface area contributed by atoms with E-state index in [9.17, 15) is 4.79 Å². The molecule has 0 saturated heterocycles. The van der Waals surface area contributed by atoms with Crippen molar-refractivity contribution in [2.24, 2.45) is 0 Å². The molecule has 1 aromatic rings. The average Bonchev–Trinajstić information content (AvgIpc) is 2.31. The zero-order valence-corrected chi connectivity index (χ0v) is 9.44. The van der Waals surface area contributed by atoms with Crippen molar-refractivity contribution in [3.8, 4) is 5.75 Å². The summed E-state index contributed by atoms with van der Waals surface area (Å²) >= 11 is 0. The molecule has 0 spiro atoms. The van der Waals surface area contributed by atoms with E-state index in [-0.39, 0.29) is 0 Å². The van der Waals surface area contributed by atoms with Gasteiger partial charge in [-0.1, -0.05) is 6.08 Å². The summed E-state index contributed by atoms with van der Waals surface area (Å²) in [5, 5.41) is 0. The first-order chi connectivity index (χ1) is 7.81. The van der Waals surface area contributed by atoms with Gasteiger partial charge in [0.25, 0.3) is 0 Å². The van der Waals surface area contributed by atoms with Gasteiger partial charge in [-0.25, -0.2) is 0 Å².